The second-order valence-corrected chi connectivity index (χ2v) is 10.0. The Morgan fingerprint density at radius 3 is 2.65 bits per heavy atom. The number of ether oxygens (including phenoxy) is 1. The molecule has 4 aromatic rings. The standard InChI is InChI=1S/C29H31N3O2/c1-20-24-13-14-25-28(29(24,2)17-22-18-30-34-27(20)22)31-26(32(25)23-11-7-4-8-12-23)15-16-33-19-21-9-5-3-6-10-21/h3-12,18,20,24H,13-17,19H2,1-2H3/t20-,24-,29-/m0/s1. The number of hydrogen-bond donors (Lipinski definition) is 0. The van der Waals surface area contributed by atoms with Crippen molar-refractivity contribution in [3.8, 4) is 5.69 Å². The number of nitrogens with zero attached hydrogens (tertiary/aromatic N) is 3. The van der Waals surface area contributed by atoms with Crippen molar-refractivity contribution in [1.82, 2.24) is 14.7 Å². The Balaban J connectivity index is 1.34. The molecule has 0 fully saturated rings. The molecule has 0 saturated heterocycles. The highest BCUT2D eigenvalue weighted by Gasteiger charge is 2.51. The molecule has 0 amide bonds. The summed E-state index contributed by atoms with van der Waals surface area (Å²) >= 11 is 0. The van der Waals surface area contributed by atoms with Crippen molar-refractivity contribution in [2.45, 2.75) is 57.5 Å². The molecule has 0 saturated carbocycles. The van der Waals surface area contributed by atoms with Gasteiger partial charge in [0, 0.05) is 34.7 Å². The first kappa shape index (κ1) is 21.4. The lowest BCUT2D eigenvalue weighted by Crippen LogP contribution is -2.44. The van der Waals surface area contributed by atoms with Crippen molar-refractivity contribution in [1.29, 1.82) is 0 Å². The predicted octanol–water partition coefficient (Wildman–Crippen LogP) is 5.80. The Morgan fingerprint density at radius 2 is 1.85 bits per heavy atom. The summed E-state index contributed by atoms with van der Waals surface area (Å²) in [6.07, 6.45) is 5.78. The molecule has 0 spiro atoms. The predicted molar refractivity (Wildman–Crippen MR) is 131 cm³/mol. The Hall–Kier alpha value is -3.18. The molecule has 2 aliphatic carbocycles. The first-order valence-corrected chi connectivity index (χ1v) is 12.4. The first-order valence-electron chi connectivity index (χ1n) is 12.4. The molecule has 2 aromatic carbocycles. The number of rotatable bonds is 6. The highest BCUT2D eigenvalue weighted by Crippen LogP contribution is 2.53. The molecule has 174 valence electrons. The number of aromatic nitrogens is 3. The molecule has 2 aliphatic rings. The van der Waals surface area contributed by atoms with E-state index >= 15 is 0 Å². The SMILES string of the molecule is C[C@@H]1c2oncc2C[C@]2(C)c3nc(CCOCc4ccccc4)n(-c4ccccc4)c3CC[C@@H]12. The van der Waals surface area contributed by atoms with Gasteiger partial charge in [0.05, 0.1) is 25.1 Å². The van der Waals surface area contributed by atoms with Gasteiger partial charge in [-0.2, -0.15) is 0 Å². The van der Waals surface area contributed by atoms with Crippen molar-refractivity contribution in [2.75, 3.05) is 6.61 Å². The van der Waals surface area contributed by atoms with Crippen molar-refractivity contribution >= 4 is 0 Å². The van der Waals surface area contributed by atoms with E-state index in [1.165, 1.54) is 28.2 Å². The van der Waals surface area contributed by atoms with Gasteiger partial charge in [0.1, 0.15) is 11.6 Å². The van der Waals surface area contributed by atoms with Crippen LogP contribution >= 0.6 is 0 Å². The molecule has 0 bridgehead atoms. The number of fused-ring (bicyclic) bond motifs is 4. The van der Waals surface area contributed by atoms with Gasteiger partial charge in [0.25, 0.3) is 0 Å². The number of hydrogen-bond acceptors (Lipinski definition) is 4. The maximum atomic E-state index is 6.06. The lowest BCUT2D eigenvalue weighted by atomic mass is 9.57. The van der Waals surface area contributed by atoms with Gasteiger partial charge < -0.3 is 13.8 Å². The van der Waals surface area contributed by atoms with Crippen LogP contribution in [0.2, 0.25) is 0 Å². The Labute approximate surface area is 200 Å². The van der Waals surface area contributed by atoms with Crippen LogP contribution in [0, 0.1) is 5.92 Å². The van der Waals surface area contributed by atoms with Gasteiger partial charge in [-0.1, -0.05) is 67.5 Å². The van der Waals surface area contributed by atoms with Crippen LogP contribution in [0.3, 0.4) is 0 Å². The van der Waals surface area contributed by atoms with Crippen LogP contribution in [0.5, 0.6) is 0 Å². The molecule has 3 atom stereocenters. The maximum absolute atomic E-state index is 6.06. The molecule has 0 aliphatic heterocycles. The minimum absolute atomic E-state index is 0.0226. The van der Waals surface area contributed by atoms with Gasteiger partial charge in [-0.3, -0.25) is 0 Å². The molecule has 0 N–H and O–H groups in total. The fourth-order valence-corrected chi connectivity index (χ4v) is 6.33. The summed E-state index contributed by atoms with van der Waals surface area (Å²) in [6, 6.07) is 21.0. The van der Waals surface area contributed by atoms with Gasteiger partial charge >= 0.3 is 0 Å². The highest BCUT2D eigenvalue weighted by atomic mass is 16.5. The van der Waals surface area contributed by atoms with Crippen LogP contribution in [0.4, 0.5) is 0 Å². The van der Waals surface area contributed by atoms with Gasteiger partial charge in [-0.25, -0.2) is 4.98 Å². The van der Waals surface area contributed by atoms with E-state index in [-0.39, 0.29) is 5.41 Å². The fourth-order valence-electron chi connectivity index (χ4n) is 6.33. The van der Waals surface area contributed by atoms with Gasteiger partial charge in [-0.15, -0.1) is 0 Å². The molecule has 5 nitrogen and oxygen atoms in total. The zero-order chi connectivity index (χ0) is 23.1. The van der Waals surface area contributed by atoms with E-state index in [4.69, 9.17) is 14.2 Å². The minimum Gasteiger partial charge on any atom is -0.376 e. The van der Waals surface area contributed by atoms with Gasteiger partial charge in [0.2, 0.25) is 0 Å². The van der Waals surface area contributed by atoms with Crippen LogP contribution in [0.15, 0.2) is 71.4 Å². The van der Waals surface area contributed by atoms with Crippen LogP contribution in [0.1, 0.15) is 60.3 Å². The summed E-state index contributed by atoms with van der Waals surface area (Å²) in [4.78, 5) is 5.35. The molecule has 0 unspecified atom stereocenters. The minimum atomic E-state index is -0.0226. The number of imidazole rings is 1. The third-order valence-corrected chi connectivity index (χ3v) is 7.94. The van der Waals surface area contributed by atoms with E-state index in [9.17, 15) is 0 Å². The Morgan fingerprint density at radius 1 is 1.09 bits per heavy atom. The van der Waals surface area contributed by atoms with E-state index in [1.807, 2.05) is 12.3 Å². The van der Waals surface area contributed by atoms with E-state index in [0.717, 1.165) is 37.3 Å². The molecular formula is C29H31N3O2. The van der Waals surface area contributed by atoms with E-state index in [0.29, 0.717) is 25.0 Å². The van der Waals surface area contributed by atoms with Crippen LogP contribution in [0.25, 0.3) is 5.69 Å². The van der Waals surface area contributed by atoms with E-state index in [2.05, 4.69) is 78.2 Å². The van der Waals surface area contributed by atoms with Crippen molar-refractivity contribution in [3.63, 3.8) is 0 Å². The van der Waals surface area contributed by atoms with Crippen molar-refractivity contribution in [3.05, 3.63) is 101 Å². The third-order valence-electron chi connectivity index (χ3n) is 7.94. The highest BCUT2D eigenvalue weighted by molar-refractivity contribution is 5.44. The normalized spacial score (nSPS) is 23.2. The molecule has 6 rings (SSSR count). The Kier molecular flexibility index (Phi) is 5.37. The summed E-state index contributed by atoms with van der Waals surface area (Å²) in [5.74, 6) is 3.02. The number of benzene rings is 2. The number of para-hydroxylation sites is 1. The third kappa shape index (κ3) is 3.50. The zero-order valence-electron chi connectivity index (χ0n) is 19.9. The molecule has 2 heterocycles. The zero-order valence-corrected chi connectivity index (χ0v) is 19.9. The molecule has 5 heteroatoms. The van der Waals surface area contributed by atoms with E-state index in [1.54, 1.807) is 0 Å². The lowest BCUT2D eigenvalue weighted by molar-refractivity contribution is 0.122. The van der Waals surface area contributed by atoms with Crippen LogP contribution in [-0.4, -0.2) is 21.3 Å². The lowest BCUT2D eigenvalue weighted by Gasteiger charge is -2.46. The topological polar surface area (TPSA) is 53.1 Å². The average molecular weight is 454 g/mol. The monoisotopic (exact) mass is 453 g/mol. The molecule has 34 heavy (non-hydrogen) atoms. The largest absolute Gasteiger partial charge is 0.376 e. The summed E-state index contributed by atoms with van der Waals surface area (Å²) in [5, 5.41) is 4.13. The van der Waals surface area contributed by atoms with Crippen LogP contribution in [-0.2, 0) is 36.0 Å². The van der Waals surface area contributed by atoms with Gasteiger partial charge in [-0.05, 0) is 42.9 Å². The second kappa shape index (κ2) is 8.55. The summed E-state index contributed by atoms with van der Waals surface area (Å²) in [5.41, 5.74) is 6.21. The molecule has 0 radical (unpaired) electrons. The second-order valence-electron chi connectivity index (χ2n) is 10.0. The summed E-state index contributed by atoms with van der Waals surface area (Å²) in [7, 11) is 0. The van der Waals surface area contributed by atoms with Crippen molar-refractivity contribution in [2.24, 2.45) is 5.92 Å². The Bertz CT molecular complexity index is 1280. The van der Waals surface area contributed by atoms with Crippen LogP contribution < -0.4 is 0 Å². The molecular weight excluding hydrogens is 422 g/mol. The van der Waals surface area contributed by atoms with Crippen molar-refractivity contribution < 1.29 is 9.26 Å². The quantitative estimate of drug-likeness (QED) is 0.346. The summed E-state index contributed by atoms with van der Waals surface area (Å²) in [6.45, 7) is 5.97. The first-order chi connectivity index (χ1) is 16.6. The smallest absolute Gasteiger partial charge is 0.143 e. The van der Waals surface area contributed by atoms with Gasteiger partial charge in [0.15, 0.2) is 0 Å². The van der Waals surface area contributed by atoms with E-state index < -0.39 is 0 Å². The summed E-state index contributed by atoms with van der Waals surface area (Å²) < 4.78 is 14.1. The molecule has 2 aromatic heterocycles. The maximum Gasteiger partial charge on any atom is 0.143 e. The average Bonchev–Trinajstić information content (AvgIpc) is 3.48. The fraction of sp³-hybridized carbons (Fsp3) is 0.379.